The van der Waals surface area contributed by atoms with Crippen LogP contribution in [0.2, 0.25) is 5.02 Å². The fraction of sp³-hybridized carbons (Fsp3) is 0.381. The third-order valence-corrected chi connectivity index (χ3v) is 7.65. The summed E-state index contributed by atoms with van der Waals surface area (Å²) >= 11 is 5.88. The Morgan fingerprint density at radius 3 is 2.29 bits per heavy atom. The van der Waals surface area contributed by atoms with Crippen LogP contribution in [-0.4, -0.2) is 26.1 Å². The summed E-state index contributed by atoms with van der Waals surface area (Å²) in [4.78, 5) is 12.5. The molecule has 2 N–H and O–H groups in total. The molecule has 0 radical (unpaired) electrons. The van der Waals surface area contributed by atoms with Crippen LogP contribution in [-0.2, 0) is 14.6 Å². The highest BCUT2D eigenvalue weighted by molar-refractivity contribution is 7.92. The van der Waals surface area contributed by atoms with Gasteiger partial charge in [-0.25, -0.2) is 8.42 Å². The second-order valence-electron chi connectivity index (χ2n) is 7.17. The molecule has 1 fully saturated rings. The van der Waals surface area contributed by atoms with Crippen molar-refractivity contribution >= 4 is 33.0 Å². The summed E-state index contributed by atoms with van der Waals surface area (Å²) in [7, 11) is -3.25. The van der Waals surface area contributed by atoms with Crippen LogP contribution in [0.4, 0.5) is 5.69 Å². The number of amides is 1. The van der Waals surface area contributed by atoms with E-state index in [9.17, 15) is 13.2 Å². The van der Waals surface area contributed by atoms with Gasteiger partial charge in [0.1, 0.15) is 0 Å². The third kappa shape index (κ3) is 5.06. The van der Waals surface area contributed by atoms with E-state index < -0.39 is 9.84 Å². The average Bonchev–Trinajstić information content (AvgIpc) is 3.23. The maximum Gasteiger partial charge on any atom is 0.239 e. The second kappa shape index (κ2) is 8.97. The van der Waals surface area contributed by atoms with Gasteiger partial charge >= 0.3 is 0 Å². The van der Waals surface area contributed by atoms with Gasteiger partial charge in [0, 0.05) is 10.7 Å². The lowest BCUT2D eigenvalue weighted by Gasteiger charge is -2.15. The van der Waals surface area contributed by atoms with Crippen molar-refractivity contribution in [3.63, 3.8) is 0 Å². The highest BCUT2D eigenvalue weighted by Gasteiger charge is 2.30. The molecule has 1 amide bonds. The van der Waals surface area contributed by atoms with Gasteiger partial charge in [-0.15, -0.1) is 0 Å². The first-order chi connectivity index (χ1) is 13.4. The second-order valence-corrected chi connectivity index (χ2v) is 9.83. The van der Waals surface area contributed by atoms with E-state index in [4.69, 9.17) is 11.6 Å². The largest absolute Gasteiger partial charge is 0.376 e. The predicted molar refractivity (Wildman–Crippen MR) is 112 cm³/mol. The zero-order valence-corrected chi connectivity index (χ0v) is 17.4. The minimum atomic E-state index is -3.25. The first-order valence-corrected chi connectivity index (χ1v) is 11.4. The molecule has 7 heteroatoms. The summed E-state index contributed by atoms with van der Waals surface area (Å²) in [6.07, 6.45) is 3.45. The molecule has 0 aliphatic heterocycles. The highest BCUT2D eigenvalue weighted by Crippen LogP contribution is 2.30. The zero-order chi connectivity index (χ0) is 20.1. The molecule has 3 rings (SSSR count). The lowest BCUT2D eigenvalue weighted by Crippen LogP contribution is -2.32. The van der Waals surface area contributed by atoms with Crippen LogP contribution in [0.3, 0.4) is 0 Å². The van der Waals surface area contributed by atoms with Crippen molar-refractivity contribution in [1.29, 1.82) is 0 Å². The van der Waals surface area contributed by atoms with Crippen LogP contribution in [0.1, 0.15) is 44.2 Å². The van der Waals surface area contributed by atoms with Gasteiger partial charge in [-0.1, -0.05) is 36.6 Å². The number of halogens is 1. The summed E-state index contributed by atoms with van der Waals surface area (Å²) in [5, 5.41) is 6.35. The van der Waals surface area contributed by atoms with E-state index in [1.807, 2.05) is 19.1 Å². The van der Waals surface area contributed by atoms with Gasteiger partial charge in [0.05, 0.1) is 22.7 Å². The summed E-state index contributed by atoms with van der Waals surface area (Å²) in [5.41, 5.74) is 1.68. The van der Waals surface area contributed by atoms with Gasteiger partial charge < -0.3 is 10.6 Å². The van der Waals surface area contributed by atoms with Crippen LogP contribution >= 0.6 is 11.6 Å². The van der Waals surface area contributed by atoms with Crippen molar-refractivity contribution in [3.05, 3.63) is 59.1 Å². The maximum atomic E-state index is 12.6. The Labute approximate surface area is 171 Å². The molecule has 5 nitrogen and oxygen atoms in total. The predicted octanol–water partition coefficient (Wildman–Crippen LogP) is 4.35. The van der Waals surface area contributed by atoms with Crippen LogP contribution in [0.15, 0.2) is 53.4 Å². The monoisotopic (exact) mass is 420 g/mol. The summed E-state index contributed by atoms with van der Waals surface area (Å²) in [5.74, 6) is -0.148. The van der Waals surface area contributed by atoms with E-state index in [0.717, 1.165) is 31.2 Å². The number of rotatable bonds is 7. The van der Waals surface area contributed by atoms with Gasteiger partial charge in [0.15, 0.2) is 9.84 Å². The molecule has 0 bridgehead atoms. The normalized spacial score (nSPS) is 15.9. The Kier molecular flexibility index (Phi) is 6.62. The standard InChI is InChI=1S/C21H25ClN2O3S/c1-15(16-6-8-17(22)9-7-16)24-21(25)14-23-18-10-12-20(13-11-18)28(26,27)19-4-2-3-5-19/h6-13,15,19,23H,2-5,14H2,1H3,(H,24,25). The smallest absolute Gasteiger partial charge is 0.239 e. The van der Waals surface area contributed by atoms with Crippen LogP contribution in [0.25, 0.3) is 0 Å². The summed E-state index contributed by atoms with van der Waals surface area (Å²) in [6, 6.07) is 13.8. The van der Waals surface area contributed by atoms with Gasteiger partial charge in [-0.05, 0) is 61.7 Å². The van der Waals surface area contributed by atoms with Crippen molar-refractivity contribution in [2.75, 3.05) is 11.9 Å². The quantitative estimate of drug-likeness (QED) is 0.698. The molecule has 1 aliphatic rings. The number of carbonyl (C=O) groups excluding carboxylic acids is 1. The van der Waals surface area contributed by atoms with E-state index >= 15 is 0 Å². The number of sulfone groups is 1. The molecule has 0 heterocycles. The number of nitrogens with one attached hydrogen (secondary N) is 2. The highest BCUT2D eigenvalue weighted by atomic mass is 35.5. The maximum absolute atomic E-state index is 12.6. The van der Waals surface area contributed by atoms with Gasteiger partial charge in [0.2, 0.25) is 5.91 Å². The number of benzene rings is 2. The molecule has 0 saturated heterocycles. The fourth-order valence-corrected chi connectivity index (χ4v) is 5.44. The first kappa shape index (κ1) is 20.7. The van der Waals surface area contributed by atoms with E-state index in [2.05, 4.69) is 10.6 Å². The van der Waals surface area contributed by atoms with Gasteiger partial charge in [-0.2, -0.15) is 0 Å². The zero-order valence-electron chi connectivity index (χ0n) is 15.8. The molecule has 1 saturated carbocycles. The summed E-state index contributed by atoms with van der Waals surface area (Å²) in [6.45, 7) is 2.01. The molecule has 1 aliphatic carbocycles. The van der Waals surface area contributed by atoms with Crippen molar-refractivity contribution in [3.8, 4) is 0 Å². The molecular formula is C21H25ClN2O3S. The van der Waals surface area contributed by atoms with Crippen molar-refractivity contribution < 1.29 is 13.2 Å². The fourth-order valence-electron chi connectivity index (χ4n) is 3.46. The number of carbonyl (C=O) groups is 1. The number of hydrogen-bond donors (Lipinski definition) is 2. The first-order valence-electron chi connectivity index (χ1n) is 9.49. The Hall–Kier alpha value is -2.05. The van der Waals surface area contributed by atoms with Crippen LogP contribution < -0.4 is 10.6 Å². The molecular weight excluding hydrogens is 396 g/mol. The molecule has 2 aromatic rings. The SMILES string of the molecule is CC(NC(=O)CNc1ccc(S(=O)(=O)C2CCCC2)cc1)c1ccc(Cl)cc1. The van der Waals surface area contributed by atoms with E-state index in [1.54, 1.807) is 36.4 Å². The summed E-state index contributed by atoms with van der Waals surface area (Å²) < 4.78 is 25.2. The lowest BCUT2D eigenvalue weighted by atomic mass is 10.1. The Bertz CT molecular complexity index is 906. The molecule has 2 aromatic carbocycles. The molecule has 1 unspecified atom stereocenters. The van der Waals surface area contributed by atoms with E-state index in [-0.39, 0.29) is 23.7 Å². The van der Waals surface area contributed by atoms with Crippen molar-refractivity contribution in [1.82, 2.24) is 5.32 Å². The van der Waals surface area contributed by atoms with E-state index in [0.29, 0.717) is 15.6 Å². The number of hydrogen-bond acceptors (Lipinski definition) is 4. The molecule has 1 atom stereocenters. The van der Waals surface area contributed by atoms with Crippen molar-refractivity contribution in [2.24, 2.45) is 0 Å². The molecule has 0 spiro atoms. The molecule has 0 aromatic heterocycles. The minimum absolute atomic E-state index is 0.104. The topological polar surface area (TPSA) is 75.3 Å². The van der Waals surface area contributed by atoms with Crippen molar-refractivity contribution in [2.45, 2.75) is 48.8 Å². The molecule has 150 valence electrons. The van der Waals surface area contributed by atoms with Crippen LogP contribution in [0, 0.1) is 0 Å². The Morgan fingerprint density at radius 1 is 1.07 bits per heavy atom. The Morgan fingerprint density at radius 2 is 1.68 bits per heavy atom. The average molecular weight is 421 g/mol. The van der Waals surface area contributed by atoms with E-state index in [1.165, 1.54) is 0 Å². The number of anilines is 1. The Balaban J connectivity index is 1.53. The van der Waals surface area contributed by atoms with Gasteiger partial charge in [0.25, 0.3) is 0 Å². The van der Waals surface area contributed by atoms with Crippen LogP contribution in [0.5, 0.6) is 0 Å². The minimum Gasteiger partial charge on any atom is -0.376 e. The molecule has 28 heavy (non-hydrogen) atoms. The van der Waals surface area contributed by atoms with Gasteiger partial charge in [-0.3, -0.25) is 4.79 Å². The lowest BCUT2D eigenvalue weighted by molar-refractivity contribution is -0.120. The third-order valence-electron chi connectivity index (χ3n) is 5.12.